The minimum absolute atomic E-state index is 0.00109. The highest BCUT2D eigenvalue weighted by atomic mass is 16.5. The standard InChI is InChI=1S/C12H15N3O5/c1-20-7-2-3-8(12(18)19)9(6-7)11(17)10(16)4-5-14-15-13/h2-3,6,10-11,16-17H,4-5H2,1H3,(H,18,19). The van der Waals surface area contributed by atoms with Crippen LogP contribution in [0.15, 0.2) is 23.3 Å². The number of carboxylic acids is 1. The van der Waals surface area contributed by atoms with Crippen LogP contribution in [0, 0.1) is 0 Å². The fourth-order valence-corrected chi connectivity index (χ4v) is 1.71. The van der Waals surface area contributed by atoms with Gasteiger partial charge in [-0.1, -0.05) is 5.11 Å². The van der Waals surface area contributed by atoms with E-state index in [4.69, 9.17) is 15.4 Å². The number of ether oxygens (including phenoxy) is 1. The average Bonchev–Trinajstić information content (AvgIpc) is 2.45. The summed E-state index contributed by atoms with van der Waals surface area (Å²) in [6, 6.07) is 4.09. The molecule has 108 valence electrons. The van der Waals surface area contributed by atoms with E-state index in [1.165, 1.54) is 25.3 Å². The Bertz CT molecular complexity index is 528. The number of azide groups is 1. The predicted molar refractivity (Wildman–Crippen MR) is 69.5 cm³/mol. The van der Waals surface area contributed by atoms with Gasteiger partial charge in [0.1, 0.15) is 11.9 Å². The molecular weight excluding hydrogens is 266 g/mol. The Morgan fingerprint density at radius 1 is 1.50 bits per heavy atom. The minimum Gasteiger partial charge on any atom is -0.497 e. The van der Waals surface area contributed by atoms with Gasteiger partial charge in [-0.05, 0) is 30.2 Å². The lowest BCUT2D eigenvalue weighted by molar-refractivity contribution is 0.0140. The van der Waals surface area contributed by atoms with Gasteiger partial charge in [0.2, 0.25) is 0 Å². The molecule has 8 heteroatoms. The molecule has 1 aromatic carbocycles. The lowest BCUT2D eigenvalue weighted by atomic mass is 9.96. The molecule has 0 fully saturated rings. The van der Waals surface area contributed by atoms with Gasteiger partial charge in [-0.3, -0.25) is 0 Å². The first kappa shape index (κ1) is 15.8. The first-order chi connectivity index (χ1) is 9.51. The van der Waals surface area contributed by atoms with Crippen molar-refractivity contribution < 1.29 is 24.9 Å². The molecule has 0 aromatic heterocycles. The SMILES string of the molecule is COc1ccc(C(=O)O)c(C(O)C(O)CCN=[N+]=[N-])c1. The van der Waals surface area contributed by atoms with E-state index in [0.29, 0.717) is 5.75 Å². The highest BCUT2D eigenvalue weighted by Crippen LogP contribution is 2.27. The van der Waals surface area contributed by atoms with Gasteiger partial charge in [-0.15, -0.1) is 0 Å². The number of aromatic carboxylic acids is 1. The molecule has 0 heterocycles. The smallest absolute Gasteiger partial charge is 0.336 e. The maximum Gasteiger partial charge on any atom is 0.336 e. The summed E-state index contributed by atoms with van der Waals surface area (Å²) in [6.45, 7) is 0.00109. The predicted octanol–water partition coefficient (Wildman–Crippen LogP) is 1.49. The summed E-state index contributed by atoms with van der Waals surface area (Å²) >= 11 is 0. The zero-order valence-corrected chi connectivity index (χ0v) is 10.8. The Hall–Kier alpha value is -2.28. The molecule has 2 unspecified atom stereocenters. The van der Waals surface area contributed by atoms with E-state index in [1.807, 2.05) is 0 Å². The highest BCUT2D eigenvalue weighted by molar-refractivity contribution is 5.89. The summed E-state index contributed by atoms with van der Waals surface area (Å²) in [5, 5.41) is 32.2. The van der Waals surface area contributed by atoms with Crippen molar-refractivity contribution in [2.24, 2.45) is 5.11 Å². The number of aliphatic hydroxyl groups excluding tert-OH is 2. The minimum atomic E-state index is -1.41. The normalized spacial score (nSPS) is 13.2. The molecule has 1 aromatic rings. The maximum absolute atomic E-state index is 11.1. The van der Waals surface area contributed by atoms with Crippen LogP contribution in [0.1, 0.15) is 28.4 Å². The molecule has 0 amide bonds. The molecule has 0 saturated carbocycles. The number of carboxylic acid groups (broad SMARTS) is 1. The van der Waals surface area contributed by atoms with E-state index in [2.05, 4.69) is 10.0 Å². The lowest BCUT2D eigenvalue weighted by Gasteiger charge is -2.19. The molecular formula is C12H15N3O5. The van der Waals surface area contributed by atoms with Crippen molar-refractivity contribution in [1.82, 2.24) is 0 Å². The summed E-state index contributed by atoms with van der Waals surface area (Å²) < 4.78 is 4.97. The van der Waals surface area contributed by atoms with E-state index in [9.17, 15) is 15.0 Å². The molecule has 0 aliphatic heterocycles. The number of aliphatic hydroxyl groups is 2. The van der Waals surface area contributed by atoms with Crippen molar-refractivity contribution in [2.75, 3.05) is 13.7 Å². The van der Waals surface area contributed by atoms with E-state index < -0.39 is 18.2 Å². The summed E-state index contributed by atoms with van der Waals surface area (Å²) in [5.74, 6) is -0.852. The van der Waals surface area contributed by atoms with Crippen molar-refractivity contribution in [3.05, 3.63) is 39.8 Å². The van der Waals surface area contributed by atoms with E-state index in [0.717, 1.165) is 0 Å². The number of hydrogen-bond donors (Lipinski definition) is 3. The third-order valence-electron chi connectivity index (χ3n) is 2.76. The number of benzene rings is 1. The Morgan fingerprint density at radius 3 is 2.75 bits per heavy atom. The first-order valence-corrected chi connectivity index (χ1v) is 5.79. The van der Waals surface area contributed by atoms with Crippen molar-refractivity contribution in [3.63, 3.8) is 0 Å². The quantitative estimate of drug-likeness (QED) is 0.395. The molecule has 20 heavy (non-hydrogen) atoms. The van der Waals surface area contributed by atoms with Crippen molar-refractivity contribution >= 4 is 5.97 Å². The van der Waals surface area contributed by atoms with Crippen molar-refractivity contribution in [1.29, 1.82) is 0 Å². The molecule has 0 bridgehead atoms. The highest BCUT2D eigenvalue weighted by Gasteiger charge is 2.24. The monoisotopic (exact) mass is 281 g/mol. The molecule has 0 aliphatic carbocycles. The summed E-state index contributed by atoms with van der Waals surface area (Å²) in [5.41, 5.74) is 8.06. The zero-order chi connectivity index (χ0) is 15.1. The van der Waals surface area contributed by atoms with Gasteiger partial charge < -0.3 is 20.1 Å². The van der Waals surface area contributed by atoms with Gasteiger partial charge >= 0.3 is 5.97 Å². The molecule has 0 saturated heterocycles. The van der Waals surface area contributed by atoms with Gasteiger partial charge in [0.25, 0.3) is 0 Å². The maximum atomic E-state index is 11.1. The molecule has 0 radical (unpaired) electrons. The molecule has 2 atom stereocenters. The van der Waals surface area contributed by atoms with Crippen molar-refractivity contribution in [3.8, 4) is 5.75 Å². The Labute approximate surface area is 114 Å². The van der Waals surface area contributed by atoms with E-state index in [1.54, 1.807) is 0 Å². The first-order valence-electron chi connectivity index (χ1n) is 5.79. The lowest BCUT2D eigenvalue weighted by Crippen LogP contribution is -2.21. The topological polar surface area (TPSA) is 136 Å². The Balaban J connectivity index is 3.02. The summed E-state index contributed by atoms with van der Waals surface area (Å²) in [7, 11) is 1.41. The number of nitrogens with zero attached hydrogens (tertiary/aromatic N) is 3. The van der Waals surface area contributed by atoms with Crippen LogP contribution in [0.3, 0.4) is 0 Å². The second kappa shape index (κ2) is 7.34. The Morgan fingerprint density at radius 2 is 2.20 bits per heavy atom. The number of rotatable bonds is 7. The van der Waals surface area contributed by atoms with Gasteiger partial charge in [-0.25, -0.2) is 4.79 Å². The van der Waals surface area contributed by atoms with Gasteiger partial charge in [0, 0.05) is 17.0 Å². The van der Waals surface area contributed by atoms with E-state index >= 15 is 0 Å². The summed E-state index contributed by atoms with van der Waals surface area (Å²) in [6.07, 6.45) is -2.64. The van der Waals surface area contributed by atoms with Crippen LogP contribution < -0.4 is 4.74 Å². The average molecular weight is 281 g/mol. The van der Waals surface area contributed by atoms with Gasteiger partial charge in [0.15, 0.2) is 0 Å². The fraction of sp³-hybridized carbons (Fsp3) is 0.417. The Kier molecular flexibility index (Phi) is 5.79. The van der Waals surface area contributed by atoms with Crippen LogP contribution in [0.2, 0.25) is 0 Å². The van der Waals surface area contributed by atoms with Crippen LogP contribution in [-0.2, 0) is 0 Å². The van der Waals surface area contributed by atoms with Crippen LogP contribution in [0.4, 0.5) is 0 Å². The fourth-order valence-electron chi connectivity index (χ4n) is 1.71. The van der Waals surface area contributed by atoms with Crippen LogP contribution >= 0.6 is 0 Å². The molecule has 0 spiro atoms. The number of carbonyl (C=O) groups is 1. The third-order valence-corrected chi connectivity index (χ3v) is 2.76. The summed E-state index contributed by atoms with van der Waals surface area (Å²) in [4.78, 5) is 13.6. The second-order valence-corrected chi connectivity index (χ2v) is 4.01. The van der Waals surface area contributed by atoms with Crippen LogP contribution in [0.5, 0.6) is 5.75 Å². The molecule has 3 N–H and O–H groups in total. The molecule has 0 aliphatic rings. The van der Waals surface area contributed by atoms with Gasteiger partial charge in [0.05, 0.1) is 18.8 Å². The van der Waals surface area contributed by atoms with Crippen LogP contribution in [-0.4, -0.2) is 41.0 Å². The van der Waals surface area contributed by atoms with Crippen LogP contribution in [0.25, 0.3) is 10.4 Å². The second-order valence-electron chi connectivity index (χ2n) is 4.01. The largest absolute Gasteiger partial charge is 0.497 e. The molecule has 8 nitrogen and oxygen atoms in total. The van der Waals surface area contributed by atoms with Gasteiger partial charge in [-0.2, -0.15) is 0 Å². The third kappa shape index (κ3) is 3.86. The van der Waals surface area contributed by atoms with E-state index in [-0.39, 0.29) is 24.1 Å². The molecule has 1 rings (SSSR count). The van der Waals surface area contributed by atoms with Crippen molar-refractivity contribution in [2.45, 2.75) is 18.6 Å². The number of methoxy groups -OCH3 is 1. The number of hydrogen-bond acceptors (Lipinski definition) is 5. The zero-order valence-electron chi connectivity index (χ0n) is 10.8.